The number of hydrogen-bond acceptors (Lipinski definition) is 3. The summed E-state index contributed by atoms with van der Waals surface area (Å²) in [5, 5.41) is 3.37. The van der Waals surface area contributed by atoms with Crippen molar-refractivity contribution in [3.05, 3.63) is 12.4 Å². The molecular weight excluding hydrogens is 226 g/mol. The lowest BCUT2D eigenvalue weighted by atomic mass is 10.1. The first-order valence-electron chi connectivity index (χ1n) is 6.90. The molecule has 0 saturated carbocycles. The van der Waals surface area contributed by atoms with Crippen LogP contribution in [0.15, 0.2) is 12.4 Å². The average Bonchev–Trinajstić information content (AvgIpc) is 2.72. The number of nitrogens with zero attached hydrogens (tertiary/aromatic N) is 2. The summed E-state index contributed by atoms with van der Waals surface area (Å²) >= 11 is 0. The lowest BCUT2D eigenvalue weighted by Crippen LogP contribution is -2.23. The van der Waals surface area contributed by atoms with Crippen LogP contribution in [0, 0.1) is 5.92 Å². The predicted octanol–water partition coefficient (Wildman–Crippen LogP) is 3.16. The van der Waals surface area contributed by atoms with Crippen LogP contribution in [0.1, 0.15) is 40.0 Å². The van der Waals surface area contributed by atoms with Gasteiger partial charge in [0, 0.05) is 32.1 Å². The van der Waals surface area contributed by atoms with Crippen LogP contribution in [0.4, 0.5) is 5.95 Å². The summed E-state index contributed by atoms with van der Waals surface area (Å²) in [5.41, 5.74) is 0. The predicted molar refractivity (Wildman–Crippen MR) is 75.9 cm³/mol. The van der Waals surface area contributed by atoms with Gasteiger partial charge in [0.15, 0.2) is 0 Å². The molecular formula is C14H27N3O. The van der Waals surface area contributed by atoms with Crippen molar-refractivity contribution in [3.8, 4) is 0 Å². The molecule has 0 aliphatic heterocycles. The Labute approximate surface area is 111 Å². The number of rotatable bonds is 9. The second kappa shape index (κ2) is 8.14. The quantitative estimate of drug-likeness (QED) is 0.687. The van der Waals surface area contributed by atoms with Crippen molar-refractivity contribution in [3.63, 3.8) is 0 Å². The number of hydrogen-bond donors (Lipinski definition) is 1. The van der Waals surface area contributed by atoms with E-state index < -0.39 is 0 Å². The molecule has 0 aromatic carbocycles. The molecule has 0 amide bonds. The van der Waals surface area contributed by atoms with E-state index in [-0.39, 0.29) is 6.04 Å². The highest BCUT2D eigenvalue weighted by Crippen LogP contribution is 2.11. The van der Waals surface area contributed by atoms with Gasteiger partial charge in [-0.2, -0.15) is 0 Å². The Hall–Kier alpha value is -1.03. The topological polar surface area (TPSA) is 39.1 Å². The van der Waals surface area contributed by atoms with Gasteiger partial charge in [0.05, 0.1) is 6.61 Å². The van der Waals surface area contributed by atoms with Crippen LogP contribution in [-0.2, 0) is 11.3 Å². The maximum Gasteiger partial charge on any atom is 0.203 e. The van der Waals surface area contributed by atoms with Crippen molar-refractivity contribution in [2.45, 2.75) is 52.6 Å². The van der Waals surface area contributed by atoms with E-state index in [1.165, 1.54) is 19.3 Å². The van der Waals surface area contributed by atoms with Gasteiger partial charge in [-0.05, 0) is 19.3 Å². The van der Waals surface area contributed by atoms with E-state index in [0.717, 1.165) is 18.4 Å². The summed E-state index contributed by atoms with van der Waals surface area (Å²) in [4.78, 5) is 4.35. The zero-order valence-electron chi connectivity index (χ0n) is 12.1. The van der Waals surface area contributed by atoms with Gasteiger partial charge in [-0.15, -0.1) is 0 Å². The minimum absolute atomic E-state index is 0.284. The molecule has 1 heterocycles. The molecule has 1 aromatic rings. The van der Waals surface area contributed by atoms with Gasteiger partial charge in [0.1, 0.15) is 0 Å². The Morgan fingerprint density at radius 1 is 1.33 bits per heavy atom. The SMILES string of the molecule is COCC(C)Nc1nccn1CCCCC(C)C. The first-order chi connectivity index (χ1) is 8.63. The van der Waals surface area contributed by atoms with Gasteiger partial charge in [0.2, 0.25) is 5.95 Å². The maximum atomic E-state index is 5.12. The van der Waals surface area contributed by atoms with Gasteiger partial charge in [-0.3, -0.25) is 0 Å². The Morgan fingerprint density at radius 3 is 2.78 bits per heavy atom. The molecule has 1 aromatic heterocycles. The van der Waals surface area contributed by atoms with Crippen LogP contribution in [-0.4, -0.2) is 29.3 Å². The van der Waals surface area contributed by atoms with Crippen LogP contribution in [0.2, 0.25) is 0 Å². The summed E-state index contributed by atoms with van der Waals surface area (Å²) in [6.07, 6.45) is 7.68. The standard InChI is InChI=1S/C14H27N3O/c1-12(2)7-5-6-9-17-10-8-15-14(17)16-13(3)11-18-4/h8,10,12-13H,5-7,9,11H2,1-4H3,(H,15,16). The van der Waals surface area contributed by atoms with E-state index >= 15 is 0 Å². The molecule has 0 aliphatic rings. The minimum atomic E-state index is 0.284. The van der Waals surface area contributed by atoms with Gasteiger partial charge in [0.25, 0.3) is 0 Å². The molecule has 1 unspecified atom stereocenters. The van der Waals surface area contributed by atoms with E-state index in [1.54, 1.807) is 7.11 Å². The lowest BCUT2D eigenvalue weighted by Gasteiger charge is -2.15. The first-order valence-corrected chi connectivity index (χ1v) is 6.90. The maximum absolute atomic E-state index is 5.12. The molecule has 0 radical (unpaired) electrons. The van der Waals surface area contributed by atoms with Crippen molar-refractivity contribution < 1.29 is 4.74 Å². The Kier molecular flexibility index (Phi) is 6.80. The molecule has 1 rings (SSSR count). The fraction of sp³-hybridized carbons (Fsp3) is 0.786. The van der Waals surface area contributed by atoms with Crippen molar-refractivity contribution in [2.24, 2.45) is 5.92 Å². The highest BCUT2D eigenvalue weighted by Gasteiger charge is 2.06. The third-order valence-electron chi connectivity index (χ3n) is 2.94. The van der Waals surface area contributed by atoms with E-state index in [1.807, 2.05) is 12.4 Å². The highest BCUT2D eigenvalue weighted by atomic mass is 16.5. The van der Waals surface area contributed by atoms with Crippen molar-refractivity contribution in [2.75, 3.05) is 19.0 Å². The average molecular weight is 253 g/mol. The fourth-order valence-electron chi connectivity index (χ4n) is 1.98. The molecule has 4 heteroatoms. The largest absolute Gasteiger partial charge is 0.383 e. The number of ether oxygens (including phenoxy) is 1. The van der Waals surface area contributed by atoms with Crippen LogP contribution in [0.5, 0.6) is 0 Å². The number of anilines is 1. The number of aryl methyl sites for hydroxylation is 1. The highest BCUT2D eigenvalue weighted by molar-refractivity contribution is 5.27. The Balaban J connectivity index is 2.35. The number of unbranched alkanes of at least 4 members (excludes halogenated alkanes) is 1. The normalized spacial score (nSPS) is 12.9. The van der Waals surface area contributed by atoms with Crippen molar-refractivity contribution >= 4 is 5.95 Å². The Bertz CT molecular complexity index is 323. The van der Waals surface area contributed by atoms with Crippen molar-refractivity contribution in [1.29, 1.82) is 0 Å². The summed E-state index contributed by atoms with van der Waals surface area (Å²) in [6.45, 7) is 8.38. The smallest absolute Gasteiger partial charge is 0.203 e. The van der Waals surface area contributed by atoms with E-state index in [4.69, 9.17) is 4.74 Å². The molecule has 104 valence electrons. The molecule has 4 nitrogen and oxygen atoms in total. The molecule has 18 heavy (non-hydrogen) atoms. The summed E-state index contributed by atoms with van der Waals surface area (Å²) < 4.78 is 7.30. The molecule has 0 spiro atoms. The van der Waals surface area contributed by atoms with Crippen LogP contribution >= 0.6 is 0 Å². The zero-order valence-corrected chi connectivity index (χ0v) is 12.1. The van der Waals surface area contributed by atoms with Crippen LogP contribution in [0.3, 0.4) is 0 Å². The minimum Gasteiger partial charge on any atom is -0.383 e. The number of aromatic nitrogens is 2. The van der Waals surface area contributed by atoms with Gasteiger partial charge in [-0.1, -0.05) is 26.7 Å². The molecule has 0 saturated heterocycles. The second-order valence-electron chi connectivity index (χ2n) is 5.33. The summed E-state index contributed by atoms with van der Waals surface area (Å²) in [7, 11) is 1.72. The summed E-state index contributed by atoms with van der Waals surface area (Å²) in [5.74, 6) is 1.75. The monoisotopic (exact) mass is 253 g/mol. The number of nitrogens with one attached hydrogen (secondary N) is 1. The molecule has 1 N–H and O–H groups in total. The third kappa shape index (κ3) is 5.54. The van der Waals surface area contributed by atoms with Crippen LogP contribution in [0.25, 0.3) is 0 Å². The van der Waals surface area contributed by atoms with E-state index in [2.05, 4.69) is 35.6 Å². The second-order valence-corrected chi connectivity index (χ2v) is 5.33. The molecule has 1 atom stereocenters. The summed E-state index contributed by atoms with van der Waals surface area (Å²) in [6, 6.07) is 0.284. The van der Waals surface area contributed by atoms with E-state index in [0.29, 0.717) is 6.61 Å². The van der Waals surface area contributed by atoms with Crippen molar-refractivity contribution in [1.82, 2.24) is 9.55 Å². The zero-order chi connectivity index (χ0) is 13.4. The van der Waals surface area contributed by atoms with Gasteiger partial charge < -0.3 is 14.6 Å². The third-order valence-corrected chi connectivity index (χ3v) is 2.94. The van der Waals surface area contributed by atoms with E-state index in [9.17, 15) is 0 Å². The fourth-order valence-corrected chi connectivity index (χ4v) is 1.98. The Morgan fingerprint density at radius 2 is 2.11 bits per heavy atom. The lowest BCUT2D eigenvalue weighted by molar-refractivity contribution is 0.190. The molecule has 0 bridgehead atoms. The van der Waals surface area contributed by atoms with Gasteiger partial charge >= 0.3 is 0 Å². The van der Waals surface area contributed by atoms with Gasteiger partial charge in [-0.25, -0.2) is 4.98 Å². The molecule has 0 fully saturated rings. The number of imidazole rings is 1. The van der Waals surface area contributed by atoms with Crippen LogP contribution < -0.4 is 5.32 Å². The molecule has 0 aliphatic carbocycles. The number of methoxy groups -OCH3 is 1. The first kappa shape index (κ1) is 15.0.